The summed E-state index contributed by atoms with van der Waals surface area (Å²) in [5, 5.41) is 0.832. The van der Waals surface area contributed by atoms with Gasteiger partial charge in [-0.05, 0) is 38.0 Å². The third kappa shape index (κ3) is 3.38. The van der Waals surface area contributed by atoms with Gasteiger partial charge in [0, 0.05) is 23.5 Å². The fourth-order valence-corrected chi connectivity index (χ4v) is 5.10. The first kappa shape index (κ1) is 17.8. The number of fused-ring (bicyclic) bond motifs is 1. The van der Waals surface area contributed by atoms with Gasteiger partial charge in [-0.25, -0.2) is 8.42 Å². The maximum absolute atomic E-state index is 13.1. The zero-order chi connectivity index (χ0) is 18.2. The van der Waals surface area contributed by atoms with Crippen LogP contribution in [0.3, 0.4) is 0 Å². The summed E-state index contributed by atoms with van der Waals surface area (Å²) in [6.45, 7) is 4.33. The highest BCUT2D eigenvalue weighted by Gasteiger charge is 2.36. The van der Waals surface area contributed by atoms with Gasteiger partial charge in [0.2, 0.25) is 0 Å². The molecule has 1 aliphatic heterocycles. The van der Waals surface area contributed by atoms with E-state index in [9.17, 15) is 13.2 Å². The fourth-order valence-electron chi connectivity index (χ4n) is 3.37. The first-order chi connectivity index (χ1) is 11.9. The molecule has 0 aliphatic carbocycles. The van der Waals surface area contributed by atoms with E-state index in [-0.39, 0.29) is 29.2 Å². The molecule has 2 heterocycles. The van der Waals surface area contributed by atoms with E-state index in [1.54, 1.807) is 24.1 Å². The molecule has 1 amide bonds. The number of hydrogen-bond donors (Lipinski definition) is 0. The van der Waals surface area contributed by atoms with Crippen molar-refractivity contribution in [1.82, 2.24) is 4.90 Å². The van der Waals surface area contributed by atoms with Gasteiger partial charge in [-0.3, -0.25) is 4.79 Å². The third-order valence-corrected chi connectivity index (χ3v) is 6.46. The molecule has 25 heavy (non-hydrogen) atoms. The molecule has 1 saturated heterocycles. The number of nitrogens with zero attached hydrogens (tertiary/aromatic N) is 1. The van der Waals surface area contributed by atoms with Crippen molar-refractivity contribution in [3.05, 3.63) is 29.5 Å². The molecule has 0 spiro atoms. The van der Waals surface area contributed by atoms with Gasteiger partial charge in [-0.15, -0.1) is 0 Å². The maximum Gasteiger partial charge on any atom is 0.290 e. The lowest BCUT2D eigenvalue weighted by atomic mass is 10.1. The Hall–Kier alpha value is -2.02. The van der Waals surface area contributed by atoms with E-state index in [1.165, 1.54) is 0 Å². The van der Waals surface area contributed by atoms with Crippen LogP contribution in [0.15, 0.2) is 22.6 Å². The van der Waals surface area contributed by atoms with E-state index in [0.717, 1.165) is 17.4 Å². The minimum Gasteiger partial charge on any atom is -0.497 e. The monoisotopic (exact) mass is 365 g/mol. The number of carbonyl (C=O) groups is 1. The second-order valence-electron chi connectivity index (χ2n) is 6.47. The first-order valence-electron chi connectivity index (χ1n) is 8.45. The minimum atomic E-state index is -3.06. The predicted octanol–water partition coefficient (Wildman–Crippen LogP) is 2.79. The maximum atomic E-state index is 13.1. The van der Waals surface area contributed by atoms with Crippen molar-refractivity contribution in [2.75, 3.05) is 25.2 Å². The Morgan fingerprint density at radius 3 is 2.76 bits per heavy atom. The molecule has 6 nitrogen and oxygen atoms in total. The standard InChI is InChI=1S/C18H23NO5S/c1-4-8-19(13-7-9-25(21,22)11-13)18(20)17-12(2)15-10-14(23-3)5-6-16(15)24-17/h5-6,10,13H,4,7-9,11H2,1-3H3/t13-/m1/s1. The topological polar surface area (TPSA) is 76.8 Å². The molecular weight excluding hydrogens is 342 g/mol. The Kier molecular flexibility index (Phi) is 4.77. The second-order valence-corrected chi connectivity index (χ2v) is 8.70. The van der Waals surface area contributed by atoms with Crippen LogP contribution in [0.4, 0.5) is 0 Å². The average molecular weight is 365 g/mol. The Morgan fingerprint density at radius 2 is 2.16 bits per heavy atom. The molecule has 7 heteroatoms. The Balaban J connectivity index is 1.97. The number of benzene rings is 1. The zero-order valence-corrected chi connectivity index (χ0v) is 15.6. The lowest BCUT2D eigenvalue weighted by Crippen LogP contribution is -2.41. The number of hydrogen-bond acceptors (Lipinski definition) is 5. The van der Waals surface area contributed by atoms with Crippen LogP contribution in [0.2, 0.25) is 0 Å². The molecule has 0 radical (unpaired) electrons. The normalized spacial score (nSPS) is 19.2. The lowest BCUT2D eigenvalue weighted by Gasteiger charge is -2.27. The summed E-state index contributed by atoms with van der Waals surface area (Å²) >= 11 is 0. The molecule has 1 atom stereocenters. The van der Waals surface area contributed by atoms with Gasteiger partial charge in [0.05, 0.1) is 18.6 Å². The van der Waals surface area contributed by atoms with E-state index in [2.05, 4.69) is 0 Å². The van der Waals surface area contributed by atoms with E-state index in [4.69, 9.17) is 9.15 Å². The quantitative estimate of drug-likeness (QED) is 0.814. The molecule has 1 aliphatic rings. The van der Waals surface area contributed by atoms with Crippen molar-refractivity contribution in [2.24, 2.45) is 0 Å². The zero-order valence-electron chi connectivity index (χ0n) is 14.7. The van der Waals surface area contributed by atoms with E-state index >= 15 is 0 Å². The van der Waals surface area contributed by atoms with Gasteiger partial charge in [0.1, 0.15) is 11.3 Å². The highest BCUT2D eigenvalue weighted by molar-refractivity contribution is 7.91. The van der Waals surface area contributed by atoms with Gasteiger partial charge >= 0.3 is 0 Å². The summed E-state index contributed by atoms with van der Waals surface area (Å²) in [6.07, 6.45) is 1.25. The Labute approximate surface area is 147 Å². The van der Waals surface area contributed by atoms with Gasteiger partial charge < -0.3 is 14.1 Å². The van der Waals surface area contributed by atoms with Crippen LogP contribution >= 0.6 is 0 Å². The molecule has 0 unspecified atom stereocenters. The van der Waals surface area contributed by atoms with Crippen LogP contribution in [0, 0.1) is 6.92 Å². The van der Waals surface area contributed by atoms with Gasteiger partial charge in [-0.1, -0.05) is 6.92 Å². The van der Waals surface area contributed by atoms with Gasteiger partial charge in [0.25, 0.3) is 5.91 Å². The predicted molar refractivity (Wildman–Crippen MR) is 95.9 cm³/mol. The van der Waals surface area contributed by atoms with Crippen molar-refractivity contribution < 1.29 is 22.4 Å². The molecule has 136 valence electrons. The molecule has 2 aromatic rings. The van der Waals surface area contributed by atoms with Crippen molar-refractivity contribution >= 4 is 26.7 Å². The number of aryl methyl sites for hydroxylation is 1. The highest BCUT2D eigenvalue weighted by atomic mass is 32.2. The summed E-state index contributed by atoms with van der Waals surface area (Å²) in [5.41, 5.74) is 1.37. The fraction of sp³-hybridized carbons (Fsp3) is 0.500. The molecule has 3 rings (SSSR count). The SMILES string of the molecule is CCCN(C(=O)c1oc2ccc(OC)cc2c1C)[C@@H]1CCS(=O)(=O)C1. The van der Waals surface area contributed by atoms with E-state index < -0.39 is 9.84 Å². The van der Waals surface area contributed by atoms with Crippen LogP contribution in [0.1, 0.15) is 35.9 Å². The number of rotatable bonds is 5. The Bertz CT molecular complexity index is 900. The summed E-state index contributed by atoms with van der Waals surface area (Å²) in [4.78, 5) is 14.7. The van der Waals surface area contributed by atoms with Crippen LogP contribution in [0.5, 0.6) is 5.75 Å². The third-order valence-electron chi connectivity index (χ3n) is 4.71. The molecule has 0 saturated carbocycles. The van der Waals surface area contributed by atoms with E-state index in [0.29, 0.717) is 24.3 Å². The van der Waals surface area contributed by atoms with Crippen LogP contribution in [-0.4, -0.2) is 50.4 Å². The van der Waals surface area contributed by atoms with Crippen molar-refractivity contribution in [2.45, 2.75) is 32.7 Å². The van der Waals surface area contributed by atoms with Crippen molar-refractivity contribution in [3.63, 3.8) is 0 Å². The summed E-state index contributed by atoms with van der Waals surface area (Å²) < 4.78 is 34.7. The Morgan fingerprint density at radius 1 is 1.40 bits per heavy atom. The van der Waals surface area contributed by atoms with Crippen molar-refractivity contribution in [3.8, 4) is 5.75 Å². The highest BCUT2D eigenvalue weighted by Crippen LogP contribution is 2.30. The summed E-state index contributed by atoms with van der Waals surface area (Å²) in [7, 11) is -1.47. The molecule has 1 aromatic carbocycles. The molecule has 0 N–H and O–H groups in total. The van der Waals surface area contributed by atoms with Crippen LogP contribution in [-0.2, 0) is 9.84 Å². The number of furan rings is 1. The van der Waals surface area contributed by atoms with Gasteiger partial charge in [0.15, 0.2) is 15.6 Å². The van der Waals surface area contributed by atoms with E-state index in [1.807, 2.05) is 19.9 Å². The average Bonchev–Trinajstić information content (AvgIpc) is 3.11. The molecule has 1 fully saturated rings. The smallest absolute Gasteiger partial charge is 0.290 e. The van der Waals surface area contributed by atoms with Crippen LogP contribution in [0.25, 0.3) is 11.0 Å². The number of carbonyl (C=O) groups excluding carboxylic acids is 1. The van der Waals surface area contributed by atoms with Crippen LogP contribution < -0.4 is 4.74 Å². The molecule has 1 aromatic heterocycles. The van der Waals surface area contributed by atoms with Crippen molar-refractivity contribution in [1.29, 1.82) is 0 Å². The molecule has 0 bridgehead atoms. The second kappa shape index (κ2) is 6.71. The lowest BCUT2D eigenvalue weighted by molar-refractivity contribution is 0.0666. The number of methoxy groups -OCH3 is 1. The number of ether oxygens (including phenoxy) is 1. The van der Waals surface area contributed by atoms with Gasteiger partial charge in [-0.2, -0.15) is 0 Å². The summed E-state index contributed by atoms with van der Waals surface area (Å²) in [6, 6.07) is 5.13. The summed E-state index contributed by atoms with van der Waals surface area (Å²) in [5.74, 6) is 0.910. The minimum absolute atomic E-state index is 0.0336. The largest absolute Gasteiger partial charge is 0.497 e. The number of amides is 1. The first-order valence-corrected chi connectivity index (χ1v) is 10.3. The molecular formula is C18H23NO5S. The number of sulfone groups is 1.